The maximum absolute atomic E-state index is 12.3. The summed E-state index contributed by atoms with van der Waals surface area (Å²) in [5.74, 6) is 0.0437. The van der Waals surface area contributed by atoms with Crippen LogP contribution in [-0.2, 0) is 6.42 Å². The van der Waals surface area contributed by atoms with Crippen LogP contribution in [0.15, 0.2) is 12.3 Å². The van der Waals surface area contributed by atoms with Crippen molar-refractivity contribution in [1.29, 1.82) is 0 Å². The van der Waals surface area contributed by atoms with Gasteiger partial charge in [0.05, 0.1) is 5.56 Å². The maximum atomic E-state index is 12.3. The van der Waals surface area contributed by atoms with Crippen LogP contribution in [0.2, 0.25) is 0 Å². The minimum Gasteiger partial charge on any atom is -0.349 e. The van der Waals surface area contributed by atoms with Gasteiger partial charge >= 0.3 is 0 Å². The van der Waals surface area contributed by atoms with Crippen LogP contribution >= 0.6 is 0 Å². The van der Waals surface area contributed by atoms with Gasteiger partial charge in [-0.05, 0) is 37.8 Å². The highest BCUT2D eigenvalue weighted by molar-refractivity contribution is 5.95. The third kappa shape index (κ3) is 3.09. The van der Waals surface area contributed by atoms with Gasteiger partial charge in [-0.15, -0.1) is 0 Å². The lowest BCUT2D eigenvalue weighted by Crippen LogP contribution is -2.36. The third-order valence-corrected chi connectivity index (χ3v) is 3.74. The molecule has 3 heteroatoms. The van der Waals surface area contributed by atoms with E-state index in [0.717, 1.165) is 36.1 Å². The van der Waals surface area contributed by atoms with Gasteiger partial charge in [-0.1, -0.05) is 26.2 Å². The number of nitrogens with zero attached hydrogens (tertiary/aromatic N) is 1. The van der Waals surface area contributed by atoms with E-state index in [9.17, 15) is 4.79 Å². The molecule has 0 aliphatic heterocycles. The average Bonchev–Trinajstić information content (AvgIpc) is 2.40. The summed E-state index contributed by atoms with van der Waals surface area (Å²) in [6.45, 7) is 3.98. The number of pyridine rings is 1. The Kier molecular flexibility index (Phi) is 4.34. The van der Waals surface area contributed by atoms with Gasteiger partial charge in [0.2, 0.25) is 0 Å². The molecule has 0 atom stereocenters. The molecule has 1 amide bonds. The number of hydrogen-bond acceptors (Lipinski definition) is 2. The predicted octanol–water partition coefficient (Wildman–Crippen LogP) is 3.01. The van der Waals surface area contributed by atoms with E-state index in [2.05, 4.69) is 17.2 Å². The van der Waals surface area contributed by atoms with Gasteiger partial charge in [-0.25, -0.2) is 0 Å². The quantitative estimate of drug-likeness (QED) is 0.890. The fraction of sp³-hybridized carbons (Fsp3) is 0.600. The van der Waals surface area contributed by atoms with Crippen molar-refractivity contribution >= 4 is 5.91 Å². The van der Waals surface area contributed by atoms with E-state index in [-0.39, 0.29) is 5.91 Å². The highest BCUT2D eigenvalue weighted by Gasteiger charge is 2.18. The van der Waals surface area contributed by atoms with Crippen molar-refractivity contribution in [2.24, 2.45) is 0 Å². The van der Waals surface area contributed by atoms with Crippen LogP contribution in [0.3, 0.4) is 0 Å². The van der Waals surface area contributed by atoms with Crippen LogP contribution in [0, 0.1) is 6.92 Å². The van der Waals surface area contributed by atoms with E-state index >= 15 is 0 Å². The van der Waals surface area contributed by atoms with Gasteiger partial charge in [0.25, 0.3) is 5.91 Å². The molecule has 0 spiro atoms. The first-order valence-electron chi connectivity index (χ1n) is 6.97. The van der Waals surface area contributed by atoms with Crippen molar-refractivity contribution in [3.05, 3.63) is 29.1 Å². The van der Waals surface area contributed by atoms with E-state index < -0.39 is 0 Å². The van der Waals surface area contributed by atoms with Crippen LogP contribution in [0.25, 0.3) is 0 Å². The number of amides is 1. The Morgan fingerprint density at radius 3 is 2.78 bits per heavy atom. The zero-order chi connectivity index (χ0) is 13.0. The molecular formula is C15H22N2O. The first-order valence-corrected chi connectivity index (χ1v) is 6.97. The Hall–Kier alpha value is -1.38. The van der Waals surface area contributed by atoms with E-state index in [1.165, 1.54) is 19.3 Å². The van der Waals surface area contributed by atoms with Crippen molar-refractivity contribution in [2.45, 2.75) is 58.4 Å². The smallest absolute Gasteiger partial charge is 0.253 e. The molecule has 0 saturated heterocycles. The molecule has 1 saturated carbocycles. The molecule has 1 N–H and O–H groups in total. The number of carbonyl (C=O) groups excluding carboxylic acids is 1. The Bertz CT molecular complexity index is 423. The van der Waals surface area contributed by atoms with Crippen molar-refractivity contribution in [3.8, 4) is 0 Å². The molecule has 0 aromatic carbocycles. The van der Waals surface area contributed by atoms with Crippen molar-refractivity contribution in [2.75, 3.05) is 0 Å². The predicted molar refractivity (Wildman–Crippen MR) is 72.7 cm³/mol. The Morgan fingerprint density at radius 2 is 2.11 bits per heavy atom. The Morgan fingerprint density at radius 1 is 1.39 bits per heavy atom. The Balaban J connectivity index is 2.07. The molecule has 3 nitrogen and oxygen atoms in total. The van der Waals surface area contributed by atoms with Crippen LogP contribution < -0.4 is 5.32 Å². The first-order chi connectivity index (χ1) is 8.70. The number of nitrogens with one attached hydrogen (secondary N) is 1. The molecular weight excluding hydrogens is 224 g/mol. The van der Waals surface area contributed by atoms with E-state index in [1.807, 2.05) is 19.2 Å². The zero-order valence-corrected chi connectivity index (χ0v) is 11.3. The largest absolute Gasteiger partial charge is 0.349 e. The third-order valence-electron chi connectivity index (χ3n) is 3.74. The highest BCUT2D eigenvalue weighted by Crippen LogP contribution is 2.18. The topological polar surface area (TPSA) is 42.0 Å². The summed E-state index contributed by atoms with van der Waals surface area (Å²) in [6.07, 6.45) is 8.77. The molecule has 0 radical (unpaired) electrons. The van der Waals surface area contributed by atoms with Gasteiger partial charge < -0.3 is 5.32 Å². The lowest BCUT2D eigenvalue weighted by atomic mass is 9.95. The Labute approximate surface area is 109 Å². The summed E-state index contributed by atoms with van der Waals surface area (Å²) in [6, 6.07) is 2.33. The standard InChI is InChI=1S/C15H22N2O/c1-3-12-9-14(11(2)16-10-12)15(18)17-13-7-5-4-6-8-13/h9-10,13H,3-8H2,1-2H3,(H,17,18). The fourth-order valence-electron chi connectivity index (χ4n) is 2.51. The second-order valence-electron chi connectivity index (χ2n) is 5.14. The van der Waals surface area contributed by atoms with Crippen molar-refractivity contribution in [3.63, 3.8) is 0 Å². The van der Waals surface area contributed by atoms with E-state index in [0.29, 0.717) is 6.04 Å². The highest BCUT2D eigenvalue weighted by atomic mass is 16.1. The van der Waals surface area contributed by atoms with Gasteiger partial charge in [0.1, 0.15) is 0 Å². The molecule has 18 heavy (non-hydrogen) atoms. The van der Waals surface area contributed by atoms with Crippen LogP contribution in [0.5, 0.6) is 0 Å². The lowest BCUT2D eigenvalue weighted by Gasteiger charge is -2.23. The molecule has 0 bridgehead atoms. The number of rotatable bonds is 3. The number of aryl methyl sites for hydroxylation is 2. The minimum absolute atomic E-state index is 0.0437. The maximum Gasteiger partial charge on any atom is 0.253 e. The second kappa shape index (κ2) is 5.98. The first kappa shape index (κ1) is 13.1. The summed E-state index contributed by atoms with van der Waals surface area (Å²) in [5.41, 5.74) is 2.68. The minimum atomic E-state index is 0.0437. The molecule has 1 aromatic rings. The van der Waals surface area contributed by atoms with Crippen LogP contribution in [-0.4, -0.2) is 16.9 Å². The summed E-state index contributed by atoms with van der Waals surface area (Å²) in [5, 5.41) is 3.15. The molecule has 2 rings (SSSR count). The monoisotopic (exact) mass is 246 g/mol. The SMILES string of the molecule is CCc1cnc(C)c(C(=O)NC2CCCCC2)c1. The average molecular weight is 246 g/mol. The normalized spacial score (nSPS) is 16.6. The lowest BCUT2D eigenvalue weighted by molar-refractivity contribution is 0.0926. The van der Waals surface area contributed by atoms with Crippen molar-refractivity contribution in [1.82, 2.24) is 10.3 Å². The fourth-order valence-corrected chi connectivity index (χ4v) is 2.51. The molecule has 1 aromatic heterocycles. The zero-order valence-electron chi connectivity index (χ0n) is 11.3. The van der Waals surface area contributed by atoms with Gasteiger partial charge in [0.15, 0.2) is 0 Å². The van der Waals surface area contributed by atoms with Crippen LogP contribution in [0.4, 0.5) is 0 Å². The number of aromatic nitrogens is 1. The van der Waals surface area contributed by atoms with Gasteiger partial charge in [0, 0.05) is 17.9 Å². The molecule has 1 heterocycles. The molecule has 0 unspecified atom stereocenters. The molecule has 98 valence electrons. The van der Waals surface area contributed by atoms with Crippen molar-refractivity contribution < 1.29 is 4.79 Å². The molecule has 1 fully saturated rings. The number of hydrogen-bond donors (Lipinski definition) is 1. The summed E-state index contributed by atoms with van der Waals surface area (Å²) >= 11 is 0. The summed E-state index contributed by atoms with van der Waals surface area (Å²) in [4.78, 5) is 16.6. The van der Waals surface area contributed by atoms with E-state index in [4.69, 9.17) is 0 Å². The summed E-state index contributed by atoms with van der Waals surface area (Å²) < 4.78 is 0. The summed E-state index contributed by atoms with van der Waals surface area (Å²) in [7, 11) is 0. The number of carbonyl (C=O) groups is 1. The van der Waals surface area contributed by atoms with Gasteiger partial charge in [-0.2, -0.15) is 0 Å². The van der Waals surface area contributed by atoms with Crippen LogP contribution in [0.1, 0.15) is 60.6 Å². The molecule has 1 aliphatic carbocycles. The van der Waals surface area contributed by atoms with E-state index in [1.54, 1.807) is 0 Å². The second-order valence-corrected chi connectivity index (χ2v) is 5.14. The van der Waals surface area contributed by atoms with Gasteiger partial charge in [-0.3, -0.25) is 9.78 Å². The molecule has 1 aliphatic rings.